The zero-order chi connectivity index (χ0) is 14.5. The second-order valence-corrected chi connectivity index (χ2v) is 6.62. The van der Waals surface area contributed by atoms with Gasteiger partial charge < -0.3 is 10.5 Å². The van der Waals surface area contributed by atoms with E-state index in [1.54, 1.807) is 13.2 Å². The third-order valence-electron chi connectivity index (χ3n) is 4.28. The summed E-state index contributed by atoms with van der Waals surface area (Å²) in [6.07, 6.45) is 6.72. The highest BCUT2D eigenvalue weighted by Crippen LogP contribution is 2.30. The molecule has 0 amide bonds. The van der Waals surface area contributed by atoms with E-state index >= 15 is 0 Å². The Kier molecular flexibility index (Phi) is 6.00. The summed E-state index contributed by atoms with van der Waals surface area (Å²) in [5, 5.41) is 0. The molecule has 1 saturated carbocycles. The number of hydrogen-bond donors (Lipinski definition) is 1. The van der Waals surface area contributed by atoms with Crippen LogP contribution in [0.1, 0.15) is 37.7 Å². The maximum Gasteiger partial charge on any atom is 0.127 e. The molecule has 2 N–H and O–H groups in total. The maximum atomic E-state index is 13.9. The smallest absolute Gasteiger partial charge is 0.127 e. The number of hydrogen-bond acceptors (Lipinski definition) is 2. The first-order chi connectivity index (χ1) is 9.61. The third-order valence-corrected chi connectivity index (χ3v) is 4.77. The molecule has 0 bridgehead atoms. The van der Waals surface area contributed by atoms with E-state index in [-0.39, 0.29) is 18.0 Å². The summed E-state index contributed by atoms with van der Waals surface area (Å²) in [6, 6.07) is 4.99. The molecule has 2 rings (SSSR count). The van der Waals surface area contributed by atoms with E-state index in [2.05, 4.69) is 15.9 Å². The van der Waals surface area contributed by atoms with Gasteiger partial charge in [0.15, 0.2) is 0 Å². The molecule has 0 saturated heterocycles. The molecule has 2 unspecified atom stereocenters. The molecular weight excluding hydrogens is 321 g/mol. The molecule has 0 heterocycles. The number of methoxy groups -OCH3 is 1. The van der Waals surface area contributed by atoms with Crippen molar-refractivity contribution in [3.8, 4) is 0 Å². The van der Waals surface area contributed by atoms with E-state index in [0.29, 0.717) is 17.9 Å². The van der Waals surface area contributed by atoms with Crippen LogP contribution in [0.4, 0.5) is 4.39 Å². The van der Waals surface area contributed by atoms with Crippen molar-refractivity contribution in [1.82, 2.24) is 0 Å². The number of ether oxygens (including phenoxy) is 1. The van der Waals surface area contributed by atoms with Gasteiger partial charge >= 0.3 is 0 Å². The van der Waals surface area contributed by atoms with E-state index in [1.165, 1.54) is 38.2 Å². The standard InChI is InChI=1S/C16H23BrFNO/c1-20-16(11-5-3-2-4-6-11)15(19)9-12-7-8-13(17)10-14(12)18/h7-8,10-11,15-16H,2-6,9,19H2,1H3. The lowest BCUT2D eigenvalue weighted by Gasteiger charge is -2.33. The van der Waals surface area contributed by atoms with Crippen LogP contribution in [0.2, 0.25) is 0 Å². The van der Waals surface area contributed by atoms with Crippen LogP contribution in [0.15, 0.2) is 22.7 Å². The van der Waals surface area contributed by atoms with Gasteiger partial charge in [0.25, 0.3) is 0 Å². The average Bonchev–Trinajstić information content (AvgIpc) is 2.44. The van der Waals surface area contributed by atoms with Crippen LogP contribution in [-0.2, 0) is 11.2 Å². The first-order valence-electron chi connectivity index (χ1n) is 7.34. The first-order valence-corrected chi connectivity index (χ1v) is 8.13. The Balaban J connectivity index is 2.02. The highest BCUT2D eigenvalue weighted by Gasteiger charge is 2.29. The molecule has 1 aliphatic carbocycles. The zero-order valence-corrected chi connectivity index (χ0v) is 13.5. The van der Waals surface area contributed by atoms with Crippen molar-refractivity contribution in [3.63, 3.8) is 0 Å². The minimum Gasteiger partial charge on any atom is -0.380 e. The third kappa shape index (κ3) is 4.03. The summed E-state index contributed by atoms with van der Waals surface area (Å²) >= 11 is 3.27. The Bertz CT molecular complexity index is 434. The average molecular weight is 344 g/mol. The van der Waals surface area contributed by atoms with Gasteiger partial charge in [-0.2, -0.15) is 0 Å². The summed E-state index contributed by atoms with van der Waals surface area (Å²) < 4.78 is 20.3. The van der Waals surface area contributed by atoms with E-state index in [1.807, 2.05) is 6.07 Å². The topological polar surface area (TPSA) is 35.2 Å². The lowest BCUT2D eigenvalue weighted by molar-refractivity contribution is 0.0177. The molecule has 1 aromatic rings. The highest BCUT2D eigenvalue weighted by molar-refractivity contribution is 9.10. The van der Waals surface area contributed by atoms with Crippen LogP contribution >= 0.6 is 15.9 Å². The van der Waals surface area contributed by atoms with Gasteiger partial charge in [-0.05, 0) is 42.9 Å². The Labute approximate surface area is 129 Å². The lowest BCUT2D eigenvalue weighted by Crippen LogP contribution is -2.43. The highest BCUT2D eigenvalue weighted by atomic mass is 79.9. The van der Waals surface area contributed by atoms with Crippen molar-refractivity contribution in [2.75, 3.05) is 7.11 Å². The Morgan fingerprint density at radius 2 is 2.05 bits per heavy atom. The quantitative estimate of drug-likeness (QED) is 0.875. The minimum absolute atomic E-state index is 0.0262. The normalized spacial score (nSPS) is 19.8. The van der Waals surface area contributed by atoms with Crippen LogP contribution in [0.25, 0.3) is 0 Å². The van der Waals surface area contributed by atoms with E-state index in [4.69, 9.17) is 10.5 Å². The zero-order valence-electron chi connectivity index (χ0n) is 11.9. The molecule has 1 fully saturated rings. The summed E-state index contributed by atoms with van der Waals surface area (Å²) in [7, 11) is 1.72. The molecule has 0 aliphatic heterocycles. The van der Waals surface area contributed by atoms with Crippen molar-refractivity contribution in [3.05, 3.63) is 34.1 Å². The predicted octanol–water partition coefficient (Wildman–Crippen LogP) is 4.05. The predicted molar refractivity (Wildman–Crippen MR) is 83.2 cm³/mol. The molecule has 2 atom stereocenters. The molecule has 20 heavy (non-hydrogen) atoms. The summed E-state index contributed by atoms with van der Waals surface area (Å²) in [5.74, 6) is 0.315. The van der Waals surface area contributed by atoms with Gasteiger partial charge in [-0.1, -0.05) is 41.3 Å². The second kappa shape index (κ2) is 7.53. The van der Waals surface area contributed by atoms with Crippen molar-refractivity contribution in [2.24, 2.45) is 11.7 Å². The Morgan fingerprint density at radius 1 is 1.35 bits per heavy atom. The van der Waals surface area contributed by atoms with Crippen LogP contribution in [-0.4, -0.2) is 19.3 Å². The van der Waals surface area contributed by atoms with Crippen molar-refractivity contribution in [2.45, 2.75) is 50.7 Å². The number of benzene rings is 1. The summed E-state index contributed by atoms with van der Waals surface area (Å²) in [4.78, 5) is 0. The fraction of sp³-hybridized carbons (Fsp3) is 0.625. The van der Waals surface area contributed by atoms with Crippen LogP contribution in [0.3, 0.4) is 0 Å². The molecule has 4 heteroatoms. The van der Waals surface area contributed by atoms with Gasteiger partial charge in [-0.15, -0.1) is 0 Å². The Hall–Kier alpha value is -0.450. The lowest BCUT2D eigenvalue weighted by atomic mass is 9.81. The van der Waals surface area contributed by atoms with Gasteiger partial charge in [0.1, 0.15) is 5.82 Å². The van der Waals surface area contributed by atoms with Crippen molar-refractivity contribution >= 4 is 15.9 Å². The molecule has 2 nitrogen and oxygen atoms in total. The monoisotopic (exact) mass is 343 g/mol. The summed E-state index contributed by atoms with van der Waals surface area (Å²) in [5.41, 5.74) is 6.96. The Morgan fingerprint density at radius 3 is 2.65 bits per heavy atom. The van der Waals surface area contributed by atoms with E-state index in [9.17, 15) is 4.39 Å². The molecular formula is C16H23BrFNO. The largest absolute Gasteiger partial charge is 0.380 e. The van der Waals surface area contributed by atoms with Crippen LogP contribution in [0.5, 0.6) is 0 Å². The van der Waals surface area contributed by atoms with Crippen LogP contribution < -0.4 is 5.73 Å². The van der Waals surface area contributed by atoms with Gasteiger partial charge in [0, 0.05) is 17.6 Å². The molecule has 0 aromatic heterocycles. The number of nitrogens with two attached hydrogens (primary N) is 1. The van der Waals surface area contributed by atoms with Gasteiger partial charge in [-0.3, -0.25) is 0 Å². The SMILES string of the molecule is COC(C(N)Cc1ccc(Br)cc1F)C1CCCCC1. The maximum absolute atomic E-state index is 13.9. The van der Waals surface area contributed by atoms with Gasteiger partial charge in [0.2, 0.25) is 0 Å². The molecule has 112 valence electrons. The molecule has 0 radical (unpaired) electrons. The minimum atomic E-state index is -0.201. The molecule has 1 aromatic carbocycles. The first kappa shape index (κ1) is 15.9. The number of rotatable bonds is 5. The van der Waals surface area contributed by atoms with Crippen molar-refractivity contribution < 1.29 is 9.13 Å². The second-order valence-electron chi connectivity index (χ2n) is 5.70. The fourth-order valence-electron chi connectivity index (χ4n) is 3.24. The van der Waals surface area contributed by atoms with Gasteiger partial charge in [-0.25, -0.2) is 4.39 Å². The van der Waals surface area contributed by atoms with E-state index in [0.717, 1.165) is 4.47 Å². The summed E-state index contributed by atoms with van der Waals surface area (Å²) in [6.45, 7) is 0. The molecule has 1 aliphatic rings. The van der Waals surface area contributed by atoms with Gasteiger partial charge in [0.05, 0.1) is 6.10 Å². The van der Waals surface area contributed by atoms with Crippen LogP contribution in [0, 0.1) is 11.7 Å². The molecule has 0 spiro atoms. The number of halogens is 2. The van der Waals surface area contributed by atoms with Crippen molar-refractivity contribution in [1.29, 1.82) is 0 Å². The van der Waals surface area contributed by atoms with E-state index < -0.39 is 0 Å². The fourth-order valence-corrected chi connectivity index (χ4v) is 3.57.